The molecule has 0 radical (unpaired) electrons. The molecule has 0 amide bonds. The first-order chi connectivity index (χ1) is 11.6. The van der Waals surface area contributed by atoms with Crippen LogP contribution >= 0.6 is 0 Å². The normalized spacial score (nSPS) is 15.8. The molecule has 0 spiro atoms. The van der Waals surface area contributed by atoms with Crippen molar-refractivity contribution >= 4 is 20.0 Å². The first kappa shape index (κ1) is 24.7. The molecular formula is C9H15F6N3O6S2. The van der Waals surface area contributed by atoms with Crippen molar-refractivity contribution in [2.75, 3.05) is 19.9 Å². The lowest BCUT2D eigenvalue weighted by molar-refractivity contribution is -0.191. The molecule has 17 heteroatoms. The predicted molar refractivity (Wildman–Crippen MR) is 74.0 cm³/mol. The van der Waals surface area contributed by atoms with Crippen molar-refractivity contribution in [2.24, 2.45) is 0 Å². The van der Waals surface area contributed by atoms with Crippen LogP contribution in [0.1, 0.15) is 13.8 Å². The van der Waals surface area contributed by atoms with Crippen molar-refractivity contribution in [1.29, 1.82) is 0 Å². The minimum Gasteiger partial charge on any atom is -0.272 e. The molecule has 1 aliphatic rings. The van der Waals surface area contributed by atoms with Gasteiger partial charge in [0.05, 0.1) is 13.2 Å². The van der Waals surface area contributed by atoms with Gasteiger partial charge in [-0.3, -0.25) is 9.68 Å². The highest BCUT2D eigenvalue weighted by Gasteiger charge is 2.55. The Morgan fingerprint density at radius 1 is 0.846 bits per heavy atom. The lowest BCUT2D eigenvalue weighted by Crippen LogP contribution is -2.45. The van der Waals surface area contributed by atoms with Gasteiger partial charge in [-0.15, -0.1) is 0 Å². The molecule has 26 heavy (non-hydrogen) atoms. The Bertz CT molecular complexity index is 619. The maximum Gasteiger partial charge on any atom is 0.512 e. The van der Waals surface area contributed by atoms with E-state index in [0.717, 1.165) is 0 Å². The Morgan fingerprint density at radius 3 is 1.38 bits per heavy atom. The summed E-state index contributed by atoms with van der Waals surface area (Å²) in [5.74, 6) is 0. The van der Waals surface area contributed by atoms with Gasteiger partial charge in [-0.2, -0.15) is 26.3 Å². The van der Waals surface area contributed by atoms with Crippen LogP contribution < -0.4 is 4.13 Å². The molecule has 0 aromatic rings. The summed E-state index contributed by atoms with van der Waals surface area (Å²) in [7, 11) is -13.2. The zero-order valence-corrected chi connectivity index (χ0v) is 14.8. The van der Waals surface area contributed by atoms with Crippen LogP contribution in [-0.4, -0.2) is 57.9 Å². The molecule has 156 valence electrons. The van der Waals surface area contributed by atoms with E-state index in [4.69, 9.17) is 9.68 Å². The van der Waals surface area contributed by atoms with E-state index in [9.17, 15) is 43.2 Å². The van der Waals surface area contributed by atoms with Gasteiger partial charge < -0.3 is 0 Å². The van der Waals surface area contributed by atoms with Crippen molar-refractivity contribution in [1.82, 2.24) is 14.3 Å². The van der Waals surface area contributed by atoms with Crippen LogP contribution in [0.15, 0.2) is 12.4 Å². The molecule has 0 bridgehead atoms. The van der Waals surface area contributed by atoms with E-state index in [1.165, 1.54) is 0 Å². The van der Waals surface area contributed by atoms with Gasteiger partial charge in [0.2, 0.25) is 0 Å². The largest absolute Gasteiger partial charge is 0.512 e. The number of halogens is 6. The molecule has 0 aromatic carbocycles. The summed E-state index contributed by atoms with van der Waals surface area (Å²) in [4.78, 5) is 10.4. The van der Waals surface area contributed by atoms with Gasteiger partial charge in [0.15, 0.2) is 0 Å². The molecule has 0 fully saturated rings. The molecule has 0 atom stereocenters. The van der Waals surface area contributed by atoms with Crippen LogP contribution in [0.3, 0.4) is 0 Å². The Labute approximate surface area is 145 Å². The SMILES string of the molecule is CCON1C=CN(OCC)C1.O=S(=O)(NS(=O)(=O)C(F)(F)F)C(F)(F)F. The van der Waals surface area contributed by atoms with Crippen molar-refractivity contribution in [2.45, 2.75) is 24.9 Å². The highest BCUT2D eigenvalue weighted by Crippen LogP contribution is 2.27. The van der Waals surface area contributed by atoms with Crippen molar-refractivity contribution < 1.29 is 52.9 Å². The number of rotatable bonds is 6. The van der Waals surface area contributed by atoms with Crippen LogP contribution in [0.5, 0.6) is 0 Å². The van der Waals surface area contributed by atoms with Crippen LogP contribution in [0.4, 0.5) is 26.3 Å². The fourth-order valence-electron chi connectivity index (χ4n) is 1.12. The molecule has 0 unspecified atom stereocenters. The van der Waals surface area contributed by atoms with E-state index >= 15 is 0 Å². The second-order valence-corrected chi connectivity index (χ2v) is 7.70. The number of sulfonamides is 2. The highest BCUT2D eigenvalue weighted by atomic mass is 32.3. The van der Waals surface area contributed by atoms with Crippen molar-refractivity contribution in [3.05, 3.63) is 12.4 Å². The highest BCUT2D eigenvalue weighted by molar-refractivity contribution is 8.05. The lowest BCUT2D eigenvalue weighted by Gasteiger charge is -2.18. The maximum absolute atomic E-state index is 11.5. The quantitative estimate of drug-likeness (QED) is 0.616. The molecular weight excluding hydrogens is 424 g/mol. The summed E-state index contributed by atoms with van der Waals surface area (Å²) in [5.41, 5.74) is -12.3. The number of hydrogen-bond acceptors (Lipinski definition) is 8. The van der Waals surface area contributed by atoms with Crippen LogP contribution in [-0.2, 0) is 29.7 Å². The summed E-state index contributed by atoms with van der Waals surface area (Å²) in [6.45, 7) is 5.94. The number of hydrogen-bond donors (Lipinski definition) is 1. The van der Waals surface area contributed by atoms with Crippen molar-refractivity contribution in [3.63, 3.8) is 0 Å². The average Bonchev–Trinajstić information content (AvgIpc) is 2.84. The van der Waals surface area contributed by atoms with Gasteiger partial charge >= 0.3 is 31.1 Å². The first-order valence-electron chi connectivity index (χ1n) is 6.46. The summed E-state index contributed by atoms with van der Waals surface area (Å²) in [6.07, 6.45) is 3.69. The molecule has 0 saturated heterocycles. The lowest BCUT2D eigenvalue weighted by atomic mass is 10.9. The summed E-state index contributed by atoms with van der Waals surface area (Å²) in [5, 5.41) is 3.46. The maximum atomic E-state index is 11.5. The van der Waals surface area contributed by atoms with Gasteiger partial charge in [-0.05, 0) is 13.8 Å². The molecule has 1 heterocycles. The van der Waals surface area contributed by atoms with E-state index in [0.29, 0.717) is 19.9 Å². The average molecular weight is 439 g/mol. The minimum absolute atomic E-state index is 0.493. The standard InChI is InChI=1S/C7H14N2O2.C2HF6NO4S2/c1-3-10-8-5-6-9(7-8)11-4-2;3-1(4,5)14(10,11)9-15(12,13)2(6,7)8/h5-6H,3-4,7H2,1-2H3;9H. The zero-order valence-electron chi connectivity index (χ0n) is 13.2. The molecule has 0 saturated carbocycles. The van der Waals surface area contributed by atoms with Crippen molar-refractivity contribution in [3.8, 4) is 0 Å². The number of nitrogens with one attached hydrogen (secondary N) is 1. The van der Waals surface area contributed by atoms with E-state index < -0.39 is 35.2 Å². The minimum atomic E-state index is -6.60. The Hall–Kier alpha value is -1.30. The van der Waals surface area contributed by atoms with Gasteiger partial charge in [-0.25, -0.2) is 27.0 Å². The monoisotopic (exact) mass is 439 g/mol. The molecule has 1 N–H and O–H groups in total. The molecule has 0 aromatic heterocycles. The first-order valence-corrected chi connectivity index (χ1v) is 9.42. The zero-order chi connectivity index (χ0) is 20.8. The van der Waals surface area contributed by atoms with Gasteiger partial charge in [0.1, 0.15) is 6.67 Å². The second-order valence-electron chi connectivity index (χ2n) is 4.09. The molecule has 1 rings (SSSR count). The van der Waals surface area contributed by atoms with Gasteiger partial charge in [0.25, 0.3) is 0 Å². The predicted octanol–water partition coefficient (Wildman–Crippen LogP) is 1.21. The summed E-state index contributed by atoms with van der Waals surface area (Å²) in [6, 6.07) is 0. The van der Waals surface area contributed by atoms with Crippen LogP contribution in [0.2, 0.25) is 0 Å². The van der Waals surface area contributed by atoms with Crippen LogP contribution in [0.25, 0.3) is 0 Å². The number of nitrogens with zero attached hydrogens (tertiary/aromatic N) is 2. The third-order valence-electron chi connectivity index (χ3n) is 2.10. The van der Waals surface area contributed by atoms with E-state index in [1.54, 1.807) is 10.1 Å². The summed E-state index contributed by atoms with van der Waals surface area (Å²) < 4.78 is 108. The fraction of sp³-hybridized carbons (Fsp3) is 0.778. The second kappa shape index (κ2) is 9.07. The van der Waals surface area contributed by atoms with E-state index in [1.807, 2.05) is 26.2 Å². The summed E-state index contributed by atoms with van der Waals surface area (Å²) >= 11 is 0. The Morgan fingerprint density at radius 2 is 1.15 bits per heavy atom. The van der Waals surface area contributed by atoms with Crippen LogP contribution in [0, 0.1) is 0 Å². The third-order valence-corrected chi connectivity index (χ3v) is 5.07. The Balaban J connectivity index is 0.000000502. The molecule has 1 aliphatic heterocycles. The smallest absolute Gasteiger partial charge is 0.272 e. The third kappa shape index (κ3) is 7.52. The topological polar surface area (TPSA) is 105 Å². The fourth-order valence-corrected chi connectivity index (χ4v) is 3.03. The molecule has 0 aliphatic carbocycles. The van der Waals surface area contributed by atoms with E-state index in [2.05, 4.69) is 0 Å². The van der Waals surface area contributed by atoms with E-state index in [-0.39, 0.29) is 0 Å². The number of hydroxylamine groups is 4. The van der Waals surface area contributed by atoms with Gasteiger partial charge in [0, 0.05) is 12.4 Å². The van der Waals surface area contributed by atoms with Gasteiger partial charge in [-0.1, -0.05) is 4.13 Å². The Kier molecular flexibility index (Phi) is 8.61. The molecule has 9 nitrogen and oxygen atoms in total. The number of alkyl halides is 6.